The minimum absolute atomic E-state index is 0.0485. The van der Waals surface area contributed by atoms with E-state index in [-0.39, 0.29) is 74.2 Å². The fraction of sp³-hybridized carbons (Fsp3) is 0.568. The standard InChI is InChI=1S/C37H44N4O9S/c1-4-24-18-37(24,36(46)39-51(47,48)27-7-8-27)19-31(42)29-17-26(49-33-28-9-5-21(2)15-23(28)11-13-38-33)20-41(29)34(44)22(3)6-10-32(43)40-14-12-25-16-30(40)35(45)50-25/h4-5,9,11,13,15,22,24-27,29-30H,1,6-8,10,12,14,16-20H2,2-3H3,(H,39,46)/t22-,24+,25-,26?,29-,30+,37+/m0/s1. The van der Waals surface area contributed by atoms with Gasteiger partial charge in [0.15, 0.2) is 5.78 Å². The van der Waals surface area contributed by atoms with Gasteiger partial charge in [-0.25, -0.2) is 18.2 Å². The van der Waals surface area contributed by atoms with Crippen LogP contribution < -0.4 is 9.46 Å². The molecule has 7 rings (SSSR count). The van der Waals surface area contributed by atoms with Crippen LogP contribution in [0.2, 0.25) is 0 Å². The van der Waals surface area contributed by atoms with Crippen LogP contribution in [0.1, 0.15) is 70.3 Å². The van der Waals surface area contributed by atoms with Crippen molar-refractivity contribution in [2.75, 3.05) is 13.1 Å². The molecule has 1 aromatic carbocycles. The highest BCUT2D eigenvalue weighted by Crippen LogP contribution is 2.57. The first kappa shape index (κ1) is 35.1. The molecule has 3 amide bonds. The van der Waals surface area contributed by atoms with Gasteiger partial charge in [0.2, 0.25) is 33.6 Å². The molecule has 2 bridgehead atoms. The Balaban J connectivity index is 1.08. The van der Waals surface area contributed by atoms with Crippen LogP contribution in [0.5, 0.6) is 5.88 Å². The first-order valence-electron chi connectivity index (χ1n) is 17.8. The third-order valence-corrected chi connectivity index (χ3v) is 13.1. The van der Waals surface area contributed by atoms with Crippen LogP contribution >= 0.6 is 0 Å². The van der Waals surface area contributed by atoms with Crippen molar-refractivity contribution >= 4 is 50.3 Å². The highest BCUT2D eigenvalue weighted by Gasteiger charge is 2.61. The number of ether oxygens (including phenoxy) is 2. The van der Waals surface area contributed by atoms with E-state index < -0.39 is 50.7 Å². The van der Waals surface area contributed by atoms with E-state index in [4.69, 9.17) is 9.47 Å². The maximum absolute atomic E-state index is 14.2. The topological polar surface area (TPSA) is 169 Å². The number of carbonyl (C=O) groups excluding carboxylic acids is 5. The number of ketones is 1. The van der Waals surface area contributed by atoms with Gasteiger partial charge in [-0.3, -0.25) is 23.9 Å². The van der Waals surface area contributed by atoms with Crippen molar-refractivity contribution in [1.29, 1.82) is 0 Å². The number of esters is 1. The molecule has 0 radical (unpaired) electrons. The molecular formula is C37H44N4O9S. The SMILES string of the molecule is C=C[C@@H]1C[C@]1(CC(=O)[C@@H]1CC(Oc2nccc3cc(C)ccc23)CN1C(=O)[C@@H](C)CCC(=O)N1CC[C@H]2C[C@@H]1C(=O)O2)C(=O)NS(=O)(=O)C1CC1. The lowest BCUT2D eigenvalue weighted by molar-refractivity contribution is -0.147. The van der Waals surface area contributed by atoms with E-state index in [1.807, 2.05) is 31.2 Å². The fourth-order valence-electron chi connectivity index (χ4n) is 7.96. The number of benzene rings is 1. The highest BCUT2D eigenvalue weighted by molar-refractivity contribution is 7.90. The summed E-state index contributed by atoms with van der Waals surface area (Å²) in [4.78, 5) is 74.7. The van der Waals surface area contributed by atoms with E-state index in [1.54, 1.807) is 24.1 Å². The highest BCUT2D eigenvalue weighted by atomic mass is 32.2. The predicted octanol–water partition coefficient (Wildman–Crippen LogP) is 2.98. The quantitative estimate of drug-likeness (QED) is 0.240. The number of nitrogens with one attached hydrogen (secondary N) is 1. The number of pyridine rings is 1. The van der Waals surface area contributed by atoms with Gasteiger partial charge in [0.05, 0.1) is 23.3 Å². The third kappa shape index (κ3) is 6.86. The van der Waals surface area contributed by atoms with Crippen molar-refractivity contribution in [3.63, 3.8) is 0 Å². The van der Waals surface area contributed by atoms with Crippen molar-refractivity contribution in [1.82, 2.24) is 19.5 Å². The second-order valence-electron chi connectivity index (χ2n) is 15.0. The van der Waals surface area contributed by atoms with Crippen LogP contribution in [0.3, 0.4) is 0 Å². The van der Waals surface area contributed by atoms with Crippen molar-refractivity contribution in [2.24, 2.45) is 17.3 Å². The number of rotatable bonds is 13. The van der Waals surface area contributed by atoms with E-state index in [0.717, 1.165) is 16.3 Å². The summed E-state index contributed by atoms with van der Waals surface area (Å²) in [5, 5.41) is 1.12. The Morgan fingerprint density at radius 1 is 1.16 bits per heavy atom. The number of fused-ring (bicyclic) bond motifs is 3. The molecule has 5 aliphatic rings. The Bertz CT molecular complexity index is 1910. The summed E-state index contributed by atoms with van der Waals surface area (Å²) in [5.74, 6) is -2.68. The number of piperidine rings is 1. The van der Waals surface area contributed by atoms with Crippen molar-refractivity contribution in [3.05, 3.63) is 48.7 Å². The van der Waals surface area contributed by atoms with Gasteiger partial charge in [0.25, 0.3) is 0 Å². The largest absolute Gasteiger partial charge is 0.472 e. The van der Waals surface area contributed by atoms with Gasteiger partial charge < -0.3 is 19.3 Å². The van der Waals surface area contributed by atoms with E-state index in [1.165, 1.54) is 4.90 Å². The minimum Gasteiger partial charge on any atom is -0.472 e. The van der Waals surface area contributed by atoms with Gasteiger partial charge in [-0.15, -0.1) is 6.58 Å². The lowest BCUT2D eigenvalue weighted by Crippen LogP contribution is -2.47. The van der Waals surface area contributed by atoms with Crippen molar-refractivity contribution < 1.29 is 41.9 Å². The summed E-state index contributed by atoms with van der Waals surface area (Å²) in [7, 11) is -3.84. The minimum atomic E-state index is -3.84. The monoisotopic (exact) mass is 720 g/mol. The van der Waals surface area contributed by atoms with Crippen molar-refractivity contribution in [2.45, 2.75) is 101 Å². The Morgan fingerprint density at radius 2 is 1.94 bits per heavy atom. The van der Waals surface area contributed by atoms with Crippen LogP contribution in [0.4, 0.5) is 0 Å². The molecule has 5 fully saturated rings. The zero-order chi connectivity index (χ0) is 36.2. The van der Waals surface area contributed by atoms with Crippen LogP contribution in [-0.4, -0.2) is 95.3 Å². The lowest BCUT2D eigenvalue weighted by atomic mass is 9.91. The summed E-state index contributed by atoms with van der Waals surface area (Å²) >= 11 is 0. The summed E-state index contributed by atoms with van der Waals surface area (Å²) in [6.45, 7) is 8.01. The van der Waals surface area contributed by atoms with Crippen LogP contribution in [-0.2, 0) is 38.7 Å². The number of hydrogen-bond acceptors (Lipinski definition) is 10. The molecule has 0 spiro atoms. The average molecular weight is 721 g/mol. The molecule has 1 N–H and O–H groups in total. The number of allylic oxidation sites excluding steroid dienone is 1. The van der Waals surface area contributed by atoms with Gasteiger partial charge in [-0.2, -0.15) is 0 Å². The molecule has 4 heterocycles. The maximum atomic E-state index is 14.2. The van der Waals surface area contributed by atoms with Crippen LogP contribution in [0, 0.1) is 24.2 Å². The number of amides is 3. The van der Waals surface area contributed by atoms with Gasteiger partial charge in [-0.1, -0.05) is 30.7 Å². The number of likely N-dealkylation sites (tertiary alicyclic amines) is 2. The van der Waals surface area contributed by atoms with E-state index in [2.05, 4.69) is 16.3 Å². The zero-order valence-corrected chi connectivity index (χ0v) is 29.7. The predicted molar refractivity (Wildman–Crippen MR) is 184 cm³/mol. The molecule has 3 saturated heterocycles. The smallest absolute Gasteiger partial charge is 0.329 e. The van der Waals surface area contributed by atoms with Crippen LogP contribution in [0.15, 0.2) is 43.1 Å². The number of sulfonamides is 1. The van der Waals surface area contributed by atoms with Gasteiger partial charge >= 0.3 is 5.97 Å². The molecular weight excluding hydrogens is 676 g/mol. The summed E-state index contributed by atoms with van der Waals surface area (Å²) in [6, 6.07) is 6.24. The second-order valence-corrected chi connectivity index (χ2v) is 16.9. The van der Waals surface area contributed by atoms with E-state index in [0.29, 0.717) is 38.1 Å². The molecule has 7 atom stereocenters. The summed E-state index contributed by atoms with van der Waals surface area (Å²) < 4.78 is 39.2. The molecule has 1 aromatic heterocycles. The molecule has 13 nitrogen and oxygen atoms in total. The Kier molecular flexibility index (Phi) is 9.17. The lowest BCUT2D eigenvalue weighted by Gasteiger charge is -2.30. The number of Topliss-reactive ketones (excluding diaryl/α,β-unsaturated/α-hetero) is 1. The molecule has 272 valence electrons. The van der Waals surface area contributed by atoms with E-state index >= 15 is 0 Å². The molecule has 2 aliphatic carbocycles. The average Bonchev–Trinajstić information content (AvgIpc) is 4.01. The van der Waals surface area contributed by atoms with Gasteiger partial charge in [0, 0.05) is 56.1 Å². The molecule has 1 unspecified atom stereocenters. The van der Waals surface area contributed by atoms with Crippen molar-refractivity contribution in [3.8, 4) is 5.88 Å². The Labute approximate surface area is 297 Å². The molecule has 14 heteroatoms. The molecule has 2 aromatic rings. The second kappa shape index (κ2) is 13.3. The fourth-order valence-corrected chi connectivity index (χ4v) is 9.34. The molecule has 2 saturated carbocycles. The zero-order valence-electron chi connectivity index (χ0n) is 28.9. The summed E-state index contributed by atoms with van der Waals surface area (Å²) in [5.41, 5.74) is -0.194. The number of nitrogens with zero attached hydrogens (tertiary/aromatic N) is 3. The maximum Gasteiger partial charge on any atom is 0.329 e. The Hall–Kier alpha value is -4.33. The number of aryl methyl sites for hydroxylation is 1. The van der Waals surface area contributed by atoms with E-state index in [9.17, 15) is 32.4 Å². The first-order chi connectivity index (χ1) is 24.3. The van der Waals surface area contributed by atoms with Gasteiger partial charge in [0.1, 0.15) is 18.2 Å². The van der Waals surface area contributed by atoms with Gasteiger partial charge in [-0.05, 0) is 56.0 Å². The Morgan fingerprint density at radius 3 is 2.67 bits per heavy atom. The summed E-state index contributed by atoms with van der Waals surface area (Å²) in [6.07, 6.45) is 4.94. The normalized spacial score (nSPS) is 29.0. The molecule has 3 aliphatic heterocycles. The number of carbonyl (C=O) groups is 5. The van der Waals surface area contributed by atoms with Crippen LogP contribution in [0.25, 0.3) is 10.8 Å². The third-order valence-electron chi connectivity index (χ3n) is 11.3. The first-order valence-corrected chi connectivity index (χ1v) is 19.4. The number of hydrogen-bond donors (Lipinski definition) is 1. The number of aromatic nitrogens is 1. The molecule has 51 heavy (non-hydrogen) atoms.